The van der Waals surface area contributed by atoms with Crippen molar-refractivity contribution in [1.29, 1.82) is 0 Å². The Balaban J connectivity index is 2.05. The Kier molecular flexibility index (Phi) is 4.21. The van der Waals surface area contributed by atoms with Crippen LogP contribution in [0.5, 0.6) is 5.75 Å². The molecule has 1 aromatic rings. The highest BCUT2D eigenvalue weighted by Gasteiger charge is 2.18. The lowest BCUT2D eigenvalue weighted by Gasteiger charge is -2.07. The first-order chi connectivity index (χ1) is 8.63. The molecule has 100 valence electrons. The van der Waals surface area contributed by atoms with Crippen molar-refractivity contribution in [3.8, 4) is 5.75 Å². The first-order valence-corrected chi connectivity index (χ1v) is 7.36. The van der Waals surface area contributed by atoms with Crippen molar-refractivity contribution >= 4 is 10.0 Å². The van der Waals surface area contributed by atoms with Gasteiger partial charge in [-0.2, -0.15) is 0 Å². The maximum atomic E-state index is 12.0. The third-order valence-corrected chi connectivity index (χ3v) is 4.25. The monoisotopic (exact) mass is 271 g/mol. The Morgan fingerprint density at radius 3 is 3.06 bits per heavy atom. The van der Waals surface area contributed by atoms with Crippen molar-refractivity contribution in [2.24, 2.45) is 0 Å². The SMILES string of the molecule is COCCCNS(=O)(=O)c1ccc2c(c1)CCO2. The number of rotatable bonds is 6. The molecule has 1 heterocycles. The second-order valence-electron chi connectivity index (χ2n) is 4.11. The van der Waals surface area contributed by atoms with E-state index >= 15 is 0 Å². The predicted molar refractivity (Wildman–Crippen MR) is 67.3 cm³/mol. The molecule has 1 aliphatic rings. The van der Waals surface area contributed by atoms with Crippen LogP contribution < -0.4 is 9.46 Å². The maximum absolute atomic E-state index is 12.0. The lowest BCUT2D eigenvalue weighted by Crippen LogP contribution is -2.25. The Bertz CT molecular complexity index is 513. The van der Waals surface area contributed by atoms with E-state index in [4.69, 9.17) is 9.47 Å². The number of benzene rings is 1. The fraction of sp³-hybridized carbons (Fsp3) is 0.500. The quantitative estimate of drug-likeness (QED) is 0.782. The smallest absolute Gasteiger partial charge is 0.240 e. The summed E-state index contributed by atoms with van der Waals surface area (Å²) < 4.78 is 36.8. The molecule has 18 heavy (non-hydrogen) atoms. The van der Waals surface area contributed by atoms with Crippen molar-refractivity contribution in [2.75, 3.05) is 26.9 Å². The van der Waals surface area contributed by atoms with Crippen molar-refractivity contribution in [3.63, 3.8) is 0 Å². The minimum Gasteiger partial charge on any atom is -0.493 e. The van der Waals surface area contributed by atoms with Gasteiger partial charge in [0.25, 0.3) is 0 Å². The van der Waals surface area contributed by atoms with Crippen LogP contribution in [0, 0.1) is 0 Å². The Labute approximate surface area is 107 Å². The molecule has 0 aromatic heterocycles. The third kappa shape index (κ3) is 3.01. The zero-order chi connectivity index (χ0) is 13.0. The van der Waals surface area contributed by atoms with E-state index in [0.29, 0.717) is 31.1 Å². The highest BCUT2D eigenvalue weighted by atomic mass is 32.2. The predicted octanol–water partition coefficient (Wildman–Crippen LogP) is 0.936. The molecular formula is C12H17NO4S. The van der Waals surface area contributed by atoms with E-state index in [2.05, 4.69) is 4.72 Å². The lowest BCUT2D eigenvalue weighted by molar-refractivity contribution is 0.196. The topological polar surface area (TPSA) is 64.6 Å². The van der Waals surface area contributed by atoms with Gasteiger partial charge in [-0.25, -0.2) is 13.1 Å². The zero-order valence-corrected chi connectivity index (χ0v) is 11.1. The molecule has 0 bridgehead atoms. The maximum Gasteiger partial charge on any atom is 0.240 e. The van der Waals surface area contributed by atoms with Gasteiger partial charge in [-0.05, 0) is 30.2 Å². The molecule has 0 saturated carbocycles. The summed E-state index contributed by atoms with van der Waals surface area (Å²) in [4.78, 5) is 0.296. The van der Waals surface area contributed by atoms with E-state index in [1.54, 1.807) is 25.3 Å². The minimum absolute atomic E-state index is 0.296. The first-order valence-electron chi connectivity index (χ1n) is 5.88. The van der Waals surface area contributed by atoms with E-state index in [0.717, 1.165) is 17.7 Å². The molecule has 0 atom stereocenters. The van der Waals surface area contributed by atoms with Gasteiger partial charge in [0.15, 0.2) is 0 Å². The number of sulfonamides is 1. The number of hydrogen-bond donors (Lipinski definition) is 1. The van der Waals surface area contributed by atoms with Gasteiger partial charge in [0.1, 0.15) is 5.75 Å². The molecule has 1 aromatic carbocycles. The molecule has 0 spiro atoms. The van der Waals surface area contributed by atoms with Gasteiger partial charge in [0.05, 0.1) is 11.5 Å². The van der Waals surface area contributed by atoms with Crippen molar-refractivity contribution in [2.45, 2.75) is 17.7 Å². The molecule has 1 aliphatic heterocycles. The van der Waals surface area contributed by atoms with Crippen molar-refractivity contribution in [3.05, 3.63) is 23.8 Å². The fourth-order valence-electron chi connectivity index (χ4n) is 1.84. The van der Waals surface area contributed by atoms with Crippen molar-refractivity contribution in [1.82, 2.24) is 4.72 Å². The fourth-order valence-corrected chi connectivity index (χ4v) is 2.96. The van der Waals surface area contributed by atoms with Crippen LogP contribution in [-0.4, -0.2) is 35.3 Å². The molecule has 6 heteroatoms. The molecule has 0 aliphatic carbocycles. The van der Waals surface area contributed by atoms with E-state index in [1.165, 1.54) is 0 Å². The number of ether oxygens (including phenoxy) is 2. The van der Waals surface area contributed by atoms with Crippen LogP contribution in [0.4, 0.5) is 0 Å². The molecular weight excluding hydrogens is 254 g/mol. The van der Waals surface area contributed by atoms with E-state index < -0.39 is 10.0 Å². The normalized spacial score (nSPS) is 14.3. The average molecular weight is 271 g/mol. The average Bonchev–Trinajstić information content (AvgIpc) is 2.82. The summed E-state index contributed by atoms with van der Waals surface area (Å²) in [6.45, 7) is 1.55. The van der Waals surface area contributed by atoms with Crippen LogP contribution in [-0.2, 0) is 21.2 Å². The van der Waals surface area contributed by atoms with Gasteiger partial charge >= 0.3 is 0 Å². The molecule has 0 unspecified atom stereocenters. The summed E-state index contributed by atoms with van der Waals surface area (Å²) in [6.07, 6.45) is 1.42. The molecule has 1 N–H and O–H groups in total. The van der Waals surface area contributed by atoms with Crippen LogP contribution in [0.1, 0.15) is 12.0 Å². The van der Waals surface area contributed by atoms with E-state index in [9.17, 15) is 8.42 Å². The van der Waals surface area contributed by atoms with Crippen LogP contribution in [0.3, 0.4) is 0 Å². The zero-order valence-electron chi connectivity index (χ0n) is 10.3. The number of nitrogens with one attached hydrogen (secondary N) is 1. The summed E-state index contributed by atoms with van der Waals surface area (Å²) in [6, 6.07) is 4.97. The lowest BCUT2D eigenvalue weighted by atomic mass is 10.2. The molecule has 0 amide bonds. The van der Waals surface area contributed by atoms with Gasteiger partial charge < -0.3 is 9.47 Å². The van der Waals surface area contributed by atoms with Crippen LogP contribution in [0.15, 0.2) is 23.1 Å². The molecule has 0 fully saturated rings. The summed E-state index contributed by atoms with van der Waals surface area (Å²) in [5.74, 6) is 0.785. The summed E-state index contributed by atoms with van der Waals surface area (Å²) in [7, 11) is -1.83. The molecule has 0 saturated heterocycles. The first kappa shape index (κ1) is 13.3. The molecule has 0 radical (unpaired) electrons. The highest BCUT2D eigenvalue weighted by Crippen LogP contribution is 2.27. The Morgan fingerprint density at radius 1 is 1.44 bits per heavy atom. The number of hydrogen-bond acceptors (Lipinski definition) is 4. The summed E-state index contributed by atoms with van der Waals surface area (Å²) in [5, 5.41) is 0. The van der Waals surface area contributed by atoms with Crippen LogP contribution >= 0.6 is 0 Å². The molecule has 2 rings (SSSR count). The van der Waals surface area contributed by atoms with Crippen LogP contribution in [0.2, 0.25) is 0 Å². The summed E-state index contributed by atoms with van der Waals surface area (Å²) in [5.41, 5.74) is 0.953. The molecule has 5 nitrogen and oxygen atoms in total. The minimum atomic E-state index is -3.42. The second kappa shape index (κ2) is 5.69. The van der Waals surface area contributed by atoms with Gasteiger partial charge in [-0.15, -0.1) is 0 Å². The third-order valence-electron chi connectivity index (χ3n) is 2.79. The summed E-state index contributed by atoms with van der Waals surface area (Å²) >= 11 is 0. The van der Waals surface area contributed by atoms with Crippen molar-refractivity contribution < 1.29 is 17.9 Å². The highest BCUT2D eigenvalue weighted by molar-refractivity contribution is 7.89. The number of fused-ring (bicyclic) bond motifs is 1. The van der Waals surface area contributed by atoms with Gasteiger partial charge in [0.2, 0.25) is 10.0 Å². The van der Waals surface area contributed by atoms with Gasteiger partial charge in [-0.3, -0.25) is 0 Å². The second-order valence-corrected chi connectivity index (χ2v) is 5.88. The van der Waals surface area contributed by atoms with E-state index in [1.807, 2.05) is 0 Å². The largest absolute Gasteiger partial charge is 0.493 e. The Hall–Kier alpha value is -1.11. The van der Waals surface area contributed by atoms with Crippen LogP contribution in [0.25, 0.3) is 0 Å². The standard InChI is InChI=1S/C12H17NO4S/c1-16-7-2-6-13-18(14,15)11-3-4-12-10(9-11)5-8-17-12/h3-4,9,13H,2,5-8H2,1H3. The van der Waals surface area contributed by atoms with Gasteiger partial charge in [-0.1, -0.05) is 0 Å². The van der Waals surface area contributed by atoms with Gasteiger partial charge in [0, 0.05) is 26.7 Å². The number of methoxy groups -OCH3 is 1. The Morgan fingerprint density at radius 2 is 2.28 bits per heavy atom. The van der Waals surface area contributed by atoms with E-state index in [-0.39, 0.29) is 0 Å².